The number of hydrogen-bond donors (Lipinski definition) is 1. The highest BCUT2D eigenvalue weighted by Gasteiger charge is 2.18. The number of aromatic nitrogens is 2. The summed E-state index contributed by atoms with van der Waals surface area (Å²) in [5.74, 6) is 0.253. The van der Waals surface area contributed by atoms with Crippen LogP contribution < -0.4 is 10.1 Å². The average Bonchev–Trinajstić information content (AvgIpc) is 2.72. The number of rotatable bonds is 5. The van der Waals surface area contributed by atoms with Gasteiger partial charge in [0.1, 0.15) is 0 Å². The lowest BCUT2D eigenvalue weighted by molar-refractivity contribution is -0.127. The quantitative estimate of drug-likeness (QED) is 0.852. The van der Waals surface area contributed by atoms with E-state index in [2.05, 4.69) is 32.9 Å². The Labute approximate surface area is 125 Å². The second kappa shape index (κ2) is 6.09. The second-order valence-electron chi connectivity index (χ2n) is 4.38. The smallest absolute Gasteiger partial charge is 0.261 e. The molecule has 1 aromatic carbocycles. The molecule has 1 heterocycles. The molecule has 2 rings (SSSR count). The number of halogens is 1. The first-order valence-electron chi connectivity index (χ1n) is 6.20. The molecular weight excluding hydrogens is 322 g/mol. The lowest BCUT2D eigenvalue weighted by Crippen LogP contribution is -2.36. The topological polar surface area (TPSA) is 56.1 Å². The van der Waals surface area contributed by atoms with Gasteiger partial charge in [-0.15, -0.1) is 11.7 Å². The van der Waals surface area contributed by atoms with Gasteiger partial charge in [0.25, 0.3) is 5.91 Å². The summed E-state index contributed by atoms with van der Waals surface area (Å²) >= 11 is 3.42. The summed E-state index contributed by atoms with van der Waals surface area (Å²) in [6.07, 6.45) is 1.00. The Balaban J connectivity index is 2.23. The normalized spacial score (nSPS) is 12.2. The number of fused-ring (bicyclic) bond motifs is 1. The van der Waals surface area contributed by atoms with Crippen LogP contribution in [0.3, 0.4) is 0 Å². The van der Waals surface area contributed by atoms with E-state index in [0.29, 0.717) is 12.4 Å². The summed E-state index contributed by atoms with van der Waals surface area (Å²) in [5.41, 5.74) is 0.946. The van der Waals surface area contributed by atoms with E-state index in [1.807, 2.05) is 25.2 Å². The summed E-state index contributed by atoms with van der Waals surface area (Å²) in [4.78, 5) is 11.8. The molecule has 1 amide bonds. The number of carbonyl (C=O) groups is 1. The lowest BCUT2D eigenvalue weighted by atomic mass is 10.2. The van der Waals surface area contributed by atoms with Crippen LogP contribution in [0.2, 0.25) is 0 Å². The van der Waals surface area contributed by atoms with Crippen molar-refractivity contribution in [3.05, 3.63) is 35.3 Å². The number of aryl methyl sites for hydroxylation is 1. The van der Waals surface area contributed by atoms with E-state index < -0.39 is 6.10 Å². The number of nitrogens with one attached hydrogen (secondary N) is 1. The number of hydrogen-bond acceptors (Lipinski definition) is 3. The molecule has 0 radical (unpaired) electrons. The van der Waals surface area contributed by atoms with E-state index in [1.54, 1.807) is 17.7 Å². The highest BCUT2D eigenvalue weighted by atomic mass is 79.9. The Morgan fingerprint density at radius 1 is 1.65 bits per heavy atom. The third-order valence-corrected chi connectivity index (χ3v) is 3.35. The van der Waals surface area contributed by atoms with Gasteiger partial charge in [-0.25, -0.2) is 0 Å². The van der Waals surface area contributed by atoms with Crippen LogP contribution in [-0.4, -0.2) is 28.3 Å². The zero-order chi connectivity index (χ0) is 14.7. The molecule has 0 bridgehead atoms. The van der Waals surface area contributed by atoms with Gasteiger partial charge >= 0.3 is 0 Å². The van der Waals surface area contributed by atoms with Crippen molar-refractivity contribution in [1.29, 1.82) is 0 Å². The first-order valence-corrected chi connectivity index (χ1v) is 6.99. The van der Waals surface area contributed by atoms with Gasteiger partial charge < -0.3 is 10.1 Å². The monoisotopic (exact) mass is 337 g/mol. The maximum atomic E-state index is 11.8. The zero-order valence-corrected chi connectivity index (χ0v) is 13.0. The van der Waals surface area contributed by atoms with Gasteiger partial charge in [0.05, 0.1) is 10.9 Å². The summed E-state index contributed by atoms with van der Waals surface area (Å²) in [6.45, 7) is 5.66. The van der Waals surface area contributed by atoms with Gasteiger partial charge in [0, 0.05) is 18.1 Å². The van der Waals surface area contributed by atoms with Crippen LogP contribution in [-0.2, 0) is 11.8 Å². The standard InChI is InChI=1S/C14H16BrN3O2/c1-4-7-16-13(19)9(2)20-14-11-8-10(15)5-6-12(11)18(3)17-14/h4-6,8-9H,1,7H2,2-3H3,(H,16,19)/t9-/m0/s1. The van der Waals surface area contributed by atoms with E-state index in [-0.39, 0.29) is 5.91 Å². The third-order valence-electron chi connectivity index (χ3n) is 2.86. The van der Waals surface area contributed by atoms with Gasteiger partial charge in [0.15, 0.2) is 6.10 Å². The molecule has 5 nitrogen and oxygen atoms in total. The van der Waals surface area contributed by atoms with E-state index in [4.69, 9.17) is 4.74 Å². The summed E-state index contributed by atoms with van der Waals surface area (Å²) in [7, 11) is 1.84. The van der Waals surface area contributed by atoms with E-state index in [0.717, 1.165) is 15.4 Å². The first-order chi connectivity index (χ1) is 9.52. The van der Waals surface area contributed by atoms with Crippen molar-refractivity contribution in [1.82, 2.24) is 15.1 Å². The number of benzene rings is 1. The number of ether oxygens (including phenoxy) is 1. The van der Waals surface area contributed by atoms with Crippen molar-refractivity contribution in [3.8, 4) is 5.88 Å². The molecule has 1 aromatic heterocycles. The lowest BCUT2D eigenvalue weighted by Gasteiger charge is -2.12. The summed E-state index contributed by atoms with van der Waals surface area (Å²) < 4.78 is 8.33. The van der Waals surface area contributed by atoms with Crippen LogP contribution in [0.15, 0.2) is 35.3 Å². The maximum absolute atomic E-state index is 11.8. The van der Waals surface area contributed by atoms with Crippen LogP contribution >= 0.6 is 15.9 Å². The fourth-order valence-corrected chi connectivity index (χ4v) is 2.19. The van der Waals surface area contributed by atoms with Crippen LogP contribution in [0, 0.1) is 0 Å². The van der Waals surface area contributed by atoms with Crippen molar-refractivity contribution < 1.29 is 9.53 Å². The van der Waals surface area contributed by atoms with Crippen molar-refractivity contribution in [3.63, 3.8) is 0 Å². The minimum Gasteiger partial charge on any atom is -0.463 e. The highest BCUT2D eigenvalue weighted by molar-refractivity contribution is 9.10. The van der Waals surface area contributed by atoms with Gasteiger partial charge in [-0.3, -0.25) is 9.48 Å². The zero-order valence-electron chi connectivity index (χ0n) is 11.4. The van der Waals surface area contributed by atoms with Crippen molar-refractivity contribution >= 4 is 32.7 Å². The highest BCUT2D eigenvalue weighted by Crippen LogP contribution is 2.28. The SMILES string of the molecule is C=CCNC(=O)[C@H](C)Oc1nn(C)c2ccc(Br)cc12. The Bertz CT molecular complexity index is 651. The number of carbonyl (C=O) groups excluding carboxylic acids is 1. The molecule has 6 heteroatoms. The molecular formula is C14H16BrN3O2. The van der Waals surface area contributed by atoms with Crippen molar-refractivity contribution in [2.45, 2.75) is 13.0 Å². The molecule has 1 N–H and O–H groups in total. The number of nitrogens with zero attached hydrogens (tertiary/aromatic N) is 2. The molecule has 0 saturated heterocycles. The summed E-state index contributed by atoms with van der Waals surface area (Å²) in [6, 6.07) is 5.81. The Morgan fingerprint density at radius 2 is 2.40 bits per heavy atom. The third kappa shape index (κ3) is 3.01. The molecule has 20 heavy (non-hydrogen) atoms. The van der Waals surface area contributed by atoms with E-state index >= 15 is 0 Å². The maximum Gasteiger partial charge on any atom is 0.261 e. The van der Waals surface area contributed by atoms with Gasteiger partial charge in [-0.1, -0.05) is 22.0 Å². The van der Waals surface area contributed by atoms with E-state index in [1.165, 1.54) is 0 Å². The summed E-state index contributed by atoms with van der Waals surface area (Å²) in [5, 5.41) is 7.87. The second-order valence-corrected chi connectivity index (χ2v) is 5.30. The fraction of sp³-hybridized carbons (Fsp3) is 0.286. The van der Waals surface area contributed by atoms with Gasteiger partial charge in [-0.2, -0.15) is 0 Å². The van der Waals surface area contributed by atoms with Crippen LogP contribution in [0.25, 0.3) is 10.9 Å². The Hall–Kier alpha value is -1.82. The predicted molar refractivity (Wildman–Crippen MR) is 81.7 cm³/mol. The Morgan fingerprint density at radius 3 is 3.10 bits per heavy atom. The predicted octanol–water partition coefficient (Wildman–Crippen LogP) is 2.41. The fourth-order valence-electron chi connectivity index (χ4n) is 1.83. The minimum absolute atomic E-state index is 0.196. The van der Waals surface area contributed by atoms with Crippen LogP contribution in [0.1, 0.15) is 6.92 Å². The molecule has 0 unspecified atom stereocenters. The molecule has 1 atom stereocenters. The average molecular weight is 338 g/mol. The molecule has 0 aliphatic carbocycles. The molecule has 0 aliphatic rings. The molecule has 106 valence electrons. The molecule has 2 aromatic rings. The number of amides is 1. The van der Waals surface area contributed by atoms with Gasteiger partial charge in [0.2, 0.25) is 5.88 Å². The molecule has 0 aliphatic heterocycles. The molecule has 0 fully saturated rings. The Kier molecular flexibility index (Phi) is 4.44. The minimum atomic E-state index is -0.618. The van der Waals surface area contributed by atoms with Crippen molar-refractivity contribution in [2.24, 2.45) is 7.05 Å². The van der Waals surface area contributed by atoms with Gasteiger partial charge in [-0.05, 0) is 25.1 Å². The largest absolute Gasteiger partial charge is 0.463 e. The first kappa shape index (κ1) is 14.6. The van der Waals surface area contributed by atoms with E-state index in [9.17, 15) is 4.79 Å². The molecule has 0 saturated carbocycles. The van der Waals surface area contributed by atoms with Crippen molar-refractivity contribution in [2.75, 3.05) is 6.54 Å². The van der Waals surface area contributed by atoms with Crippen LogP contribution in [0.5, 0.6) is 5.88 Å². The molecule has 0 spiro atoms. The van der Waals surface area contributed by atoms with Crippen LogP contribution in [0.4, 0.5) is 0 Å².